The molecule has 178 valence electrons. The van der Waals surface area contributed by atoms with Crippen LogP contribution in [0.1, 0.15) is 78.1 Å². The molecule has 2 nitrogen and oxygen atoms in total. The van der Waals surface area contributed by atoms with Crippen molar-refractivity contribution >= 4 is 23.1 Å². The lowest BCUT2D eigenvalue weighted by molar-refractivity contribution is -0.143. The number of fused-ring (bicyclic) bond motifs is 5. The highest BCUT2D eigenvalue weighted by Crippen LogP contribution is 2.68. The fourth-order valence-corrected chi connectivity index (χ4v) is 11.2. The summed E-state index contributed by atoms with van der Waals surface area (Å²) < 4.78 is 1.10. The van der Waals surface area contributed by atoms with Crippen LogP contribution in [0.3, 0.4) is 0 Å². The van der Waals surface area contributed by atoms with Crippen molar-refractivity contribution in [1.29, 1.82) is 0 Å². The molecule has 0 bridgehead atoms. The molecule has 4 aliphatic carbocycles. The first-order valence-electron chi connectivity index (χ1n) is 13.3. The monoisotopic (exact) mass is 481 g/mol. The molecule has 2 aromatic rings. The van der Waals surface area contributed by atoms with Gasteiger partial charge in [0.2, 0.25) is 0 Å². The summed E-state index contributed by atoms with van der Waals surface area (Å²) >= 11 is 3.56. The van der Waals surface area contributed by atoms with Gasteiger partial charge in [0.15, 0.2) is 0 Å². The normalized spacial score (nSPS) is 42.4. The highest BCUT2D eigenvalue weighted by Gasteiger charge is 2.64. The SMILES string of the molecule is C[C@]12CCCC[C@@H]1CC[C@@H]1[C@@H]2CC[C@@]2(C)[C@H]1CC[C@]2(O)CSc1ncc(-c2ccccc2)s1. The molecule has 1 heterocycles. The number of hydrogen-bond donors (Lipinski definition) is 1. The number of hydrogen-bond acceptors (Lipinski definition) is 4. The molecule has 7 atom stereocenters. The van der Waals surface area contributed by atoms with Crippen molar-refractivity contribution in [1.82, 2.24) is 4.98 Å². The van der Waals surface area contributed by atoms with Crippen molar-refractivity contribution in [2.75, 3.05) is 5.75 Å². The van der Waals surface area contributed by atoms with Crippen LogP contribution in [0.4, 0.5) is 0 Å². The van der Waals surface area contributed by atoms with Crippen molar-refractivity contribution in [2.24, 2.45) is 34.5 Å². The highest BCUT2D eigenvalue weighted by molar-refractivity contribution is 8.01. The van der Waals surface area contributed by atoms with Crippen LogP contribution < -0.4 is 0 Å². The summed E-state index contributed by atoms with van der Waals surface area (Å²) in [7, 11) is 0. The smallest absolute Gasteiger partial charge is 0.150 e. The molecule has 0 spiro atoms. The molecule has 0 aliphatic heterocycles. The van der Waals surface area contributed by atoms with E-state index in [0.717, 1.165) is 34.3 Å². The van der Waals surface area contributed by atoms with Crippen molar-refractivity contribution in [3.8, 4) is 10.4 Å². The summed E-state index contributed by atoms with van der Waals surface area (Å²) in [6, 6.07) is 10.5. The predicted molar refractivity (Wildman–Crippen MR) is 140 cm³/mol. The zero-order chi connectivity index (χ0) is 22.7. The van der Waals surface area contributed by atoms with Crippen molar-refractivity contribution in [2.45, 2.75) is 88.0 Å². The maximum atomic E-state index is 12.1. The molecule has 0 amide bonds. The first-order valence-corrected chi connectivity index (χ1v) is 15.1. The minimum absolute atomic E-state index is 0.0680. The van der Waals surface area contributed by atoms with Gasteiger partial charge in [0.1, 0.15) is 4.34 Å². The molecule has 0 unspecified atom stereocenters. The van der Waals surface area contributed by atoms with Gasteiger partial charge in [0, 0.05) is 17.4 Å². The maximum absolute atomic E-state index is 12.1. The van der Waals surface area contributed by atoms with E-state index in [1.54, 1.807) is 23.1 Å². The Bertz CT molecular complexity index is 991. The highest BCUT2D eigenvalue weighted by atomic mass is 32.2. The molecule has 0 saturated heterocycles. The van der Waals surface area contributed by atoms with E-state index < -0.39 is 5.60 Å². The number of thioether (sulfide) groups is 1. The number of nitrogens with zero attached hydrogens (tertiary/aromatic N) is 1. The standard InChI is InChI=1S/C29H39NOS2/c1-27-15-7-6-10-21(27)11-12-22-23(27)13-16-28(2)24(22)14-17-29(28,31)19-32-26-30-18-25(33-26)20-8-4-3-5-9-20/h3-5,8-9,18,21-24,31H,6-7,10-17,19H2,1-2H3/t21-,22-,23+,24+,27+,28+,29+/m1/s1. The van der Waals surface area contributed by atoms with Gasteiger partial charge in [-0.3, -0.25) is 0 Å². The van der Waals surface area contributed by atoms with Crippen LogP contribution >= 0.6 is 23.1 Å². The third-order valence-corrected chi connectivity index (χ3v) is 13.3. The van der Waals surface area contributed by atoms with Crippen LogP contribution in [0.5, 0.6) is 0 Å². The van der Waals surface area contributed by atoms with Crippen LogP contribution in [-0.4, -0.2) is 21.4 Å². The second-order valence-corrected chi connectivity index (χ2v) is 14.3. The van der Waals surface area contributed by atoms with E-state index >= 15 is 0 Å². The van der Waals surface area contributed by atoms with E-state index in [4.69, 9.17) is 4.98 Å². The van der Waals surface area contributed by atoms with E-state index in [2.05, 4.69) is 44.2 Å². The molecular weight excluding hydrogens is 442 g/mol. The average Bonchev–Trinajstić information content (AvgIpc) is 3.41. The predicted octanol–water partition coefficient (Wildman–Crippen LogP) is 8.07. The molecule has 33 heavy (non-hydrogen) atoms. The largest absolute Gasteiger partial charge is 0.388 e. The number of aromatic nitrogens is 1. The Hall–Kier alpha value is -0.840. The zero-order valence-corrected chi connectivity index (χ0v) is 21.9. The van der Waals surface area contributed by atoms with Gasteiger partial charge in [-0.15, -0.1) is 11.3 Å². The quantitative estimate of drug-likeness (QED) is 0.448. The number of thiazole rings is 1. The maximum Gasteiger partial charge on any atom is 0.150 e. The summed E-state index contributed by atoms with van der Waals surface area (Å²) in [6.07, 6.45) is 15.4. The Labute approximate surface area is 208 Å². The first kappa shape index (κ1) is 22.6. The number of rotatable bonds is 4. The van der Waals surface area contributed by atoms with Gasteiger partial charge in [-0.05, 0) is 86.0 Å². The Kier molecular flexibility index (Phi) is 5.74. The topological polar surface area (TPSA) is 33.1 Å². The molecule has 4 fully saturated rings. The molecular formula is C29H39NOS2. The minimum Gasteiger partial charge on any atom is -0.388 e. The third kappa shape index (κ3) is 3.57. The van der Waals surface area contributed by atoms with Crippen molar-refractivity contribution in [3.63, 3.8) is 0 Å². The van der Waals surface area contributed by atoms with Crippen LogP contribution in [0.15, 0.2) is 40.9 Å². The van der Waals surface area contributed by atoms with Crippen molar-refractivity contribution in [3.05, 3.63) is 36.5 Å². The molecule has 1 aromatic heterocycles. The lowest BCUT2D eigenvalue weighted by atomic mass is 9.44. The summed E-state index contributed by atoms with van der Waals surface area (Å²) in [4.78, 5) is 5.92. The van der Waals surface area contributed by atoms with Crippen LogP contribution in [0, 0.1) is 34.5 Å². The summed E-state index contributed by atoms with van der Waals surface area (Å²) in [6.45, 7) is 5.11. The second kappa shape index (κ2) is 8.38. The van der Waals surface area contributed by atoms with Crippen LogP contribution in [0.25, 0.3) is 10.4 Å². The van der Waals surface area contributed by atoms with Crippen LogP contribution in [-0.2, 0) is 0 Å². The number of benzene rings is 1. The number of aliphatic hydroxyl groups is 1. The van der Waals surface area contributed by atoms with Gasteiger partial charge in [0.25, 0.3) is 0 Å². The fourth-order valence-electron chi connectivity index (χ4n) is 8.88. The van der Waals surface area contributed by atoms with Gasteiger partial charge in [0.05, 0.1) is 10.5 Å². The van der Waals surface area contributed by atoms with Gasteiger partial charge in [-0.1, -0.05) is 68.8 Å². The van der Waals surface area contributed by atoms with E-state index in [-0.39, 0.29) is 5.41 Å². The van der Waals surface area contributed by atoms with E-state index in [0.29, 0.717) is 11.3 Å². The Morgan fingerprint density at radius 2 is 1.79 bits per heavy atom. The lowest BCUT2D eigenvalue weighted by Crippen LogP contribution is -2.56. The molecule has 4 saturated carbocycles. The van der Waals surface area contributed by atoms with E-state index in [1.165, 1.54) is 68.2 Å². The first-order chi connectivity index (χ1) is 15.9. The van der Waals surface area contributed by atoms with E-state index in [1.807, 2.05) is 6.20 Å². The molecule has 1 N–H and O–H groups in total. The molecule has 4 aliphatic rings. The zero-order valence-electron chi connectivity index (χ0n) is 20.3. The van der Waals surface area contributed by atoms with Gasteiger partial charge in [-0.25, -0.2) is 4.98 Å². The Balaban J connectivity index is 1.18. The lowest BCUT2D eigenvalue weighted by Gasteiger charge is -2.61. The fraction of sp³-hybridized carbons (Fsp3) is 0.690. The van der Waals surface area contributed by atoms with E-state index in [9.17, 15) is 5.11 Å². The Morgan fingerprint density at radius 1 is 0.970 bits per heavy atom. The molecule has 4 heteroatoms. The molecule has 1 aromatic carbocycles. The van der Waals surface area contributed by atoms with Crippen molar-refractivity contribution < 1.29 is 5.11 Å². The van der Waals surface area contributed by atoms with Gasteiger partial charge in [-0.2, -0.15) is 0 Å². The summed E-state index contributed by atoms with van der Waals surface area (Å²) in [5.41, 5.74) is 1.32. The average molecular weight is 482 g/mol. The molecule has 0 radical (unpaired) electrons. The Morgan fingerprint density at radius 3 is 2.64 bits per heavy atom. The summed E-state index contributed by atoms with van der Waals surface area (Å²) in [5.74, 6) is 4.21. The second-order valence-electron chi connectivity index (χ2n) is 12.1. The minimum atomic E-state index is -0.559. The molecule has 6 rings (SSSR count). The third-order valence-electron chi connectivity index (χ3n) is 10.9. The van der Waals surface area contributed by atoms with Gasteiger partial charge >= 0.3 is 0 Å². The van der Waals surface area contributed by atoms with Crippen LogP contribution in [0.2, 0.25) is 0 Å². The van der Waals surface area contributed by atoms with Gasteiger partial charge < -0.3 is 5.11 Å². The summed E-state index contributed by atoms with van der Waals surface area (Å²) in [5, 5.41) is 12.1.